The molecule has 3 N–H and O–H groups in total. The van der Waals surface area contributed by atoms with E-state index in [9.17, 15) is 19.5 Å². The molecule has 1 heterocycles. The largest absolute Gasteiger partial charge is 0.481 e. The van der Waals surface area contributed by atoms with E-state index in [1.165, 1.54) is 11.3 Å². The molecule has 2 amide bonds. The number of aliphatic carboxylic acids is 1. The Morgan fingerprint density at radius 1 is 1.06 bits per heavy atom. The Labute approximate surface area is 207 Å². The summed E-state index contributed by atoms with van der Waals surface area (Å²) in [5.74, 6) is -2.02. The first-order valence-corrected chi connectivity index (χ1v) is 12.4. The molecule has 182 valence electrons. The van der Waals surface area contributed by atoms with Gasteiger partial charge in [0.05, 0.1) is 12.5 Å². The molecule has 1 unspecified atom stereocenters. The predicted octanol–water partition coefficient (Wildman–Crippen LogP) is 4.41. The fourth-order valence-corrected chi connectivity index (χ4v) is 4.98. The number of thiazole rings is 1. The number of nitrogens with one attached hydrogen (secondary N) is 2. The van der Waals surface area contributed by atoms with Crippen molar-refractivity contribution in [3.8, 4) is 11.1 Å². The fraction of sp³-hybridized carbons (Fsp3) is 0.308. The monoisotopic (exact) mass is 493 g/mol. The highest BCUT2D eigenvalue weighted by Gasteiger charge is 2.29. The fourth-order valence-electron chi connectivity index (χ4n) is 4.26. The number of carbonyl (C=O) groups is 3. The lowest BCUT2D eigenvalue weighted by Crippen LogP contribution is -2.33. The van der Waals surface area contributed by atoms with E-state index in [-0.39, 0.29) is 31.3 Å². The zero-order valence-corrected chi connectivity index (χ0v) is 20.1. The summed E-state index contributed by atoms with van der Waals surface area (Å²) < 4.78 is 5.52. The summed E-state index contributed by atoms with van der Waals surface area (Å²) in [7, 11) is 0. The maximum Gasteiger partial charge on any atom is 0.407 e. The first-order valence-electron chi connectivity index (χ1n) is 11.5. The molecule has 0 fully saturated rings. The number of hydrogen-bond acceptors (Lipinski definition) is 6. The van der Waals surface area contributed by atoms with E-state index in [0.29, 0.717) is 11.4 Å². The van der Waals surface area contributed by atoms with E-state index in [2.05, 4.69) is 39.9 Å². The van der Waals surface area contributed by atoms with Gasteiger partial charge in [0, 0.05) is 17.8 Å². The number of fused-ring (bicyclic) bond motifs is 3. The van der Waals surface area contributed by atoms with Crippen LogP contribution in [0, 0.1) is 5.92 Å². The summed E-state index contributed by atoms with van der Waals surface area (Å²) in [5.41, 5.74) is 4.80. The summed E-state index contributed by atoms with van der Waals surface area (Å²) in [4.78, 5) is 40.1. The number of hydrogen-bond donors (Lipinski definition) is 3. The van der Waals surface area contributed by atoms with E-state index < -0.39 is 23.9 Å². The Morgan fingerprint density at radius 2 is 1.71 bits per heavy atom. The van der Waals surface area contributed by atoms with Crippen LogP contribution in [0.1, 0.15) is 52.3 Å². The van der Waals surface area contributed by atoms with Crippen molar-refractivity contribution in [2.75, 3.05) is 13.2 Å². The SMILES string of the molecule is CCCC(CNC(=O)c1csc(CNC(=O)OCC2c3ccccc3-c3ccccc32)n1)C(=O)O. The lowest BCUT2D eigenvalue weighted by molar-refractivity contribution is -0.141. The number of rotatable bonds is 10. The number of amides is 2. The van der Waals surface area contributed by atoms with Crippen LogP contribution in [0.4, 0.5) is 4.79 Å². The summed E-state index contributed by atoms with van der Waals surface area (Å²) in [6.07, 6.45) is 0.647. The minimum atomic E-state index is -0.932. The van der Waals surface area contributed by atoms with Crippen LogP contribution in [0.3, 0.4) is 0 Å². The van der Waals surface area contributed by atoms with Crippen molar-refractivity contribution in [1.82, 2.24) is 15.6 Å². The molecule has 0 spiro atoms. The average Bonchev–Trinajstić information content (AvgIpc) is 3.47. The summed E-state index contributed by atoms with van der Waals surface area (Å²) in [6.45, 7) is 2.29. The molecular formula is C26H27N3O5S. The highest BCUT2D eigenvalue weighted by Crippen LogP contribution is 2.44. The highest BCUT2D eigenvalue weighted by atomic mass is 32.1. The predicted molar refractivity (Wildman–Crippen MR) is 132 cm³/mol. The molecule has 0 saturated heterocycles. The van der Waals surface area contributed by atoms with Gasteiger partial charge in [-0.3, -0.25) is 9.59 Å². The van der Waals surface area contributed by atoms with Gasteiger partial charge >= 0.3 is 12.1 Å². The molecule has 0 radical (unpaired) electrons. The Bertz CT molecular complexity index is 1180. The number of nitrogens with zero attached hydrogens (tertiary/aromatic N) is 1. The number of aromatic nitrogens is 1. The Kier molecular flexibility index (Phi) is 7.77. The second-order valence-corrected chi connectivity index (χ2v) is 9.28. The van der Waals surface area contributed by atoms with Crippen LogP contribution in [-0.4, -0.2) is 41.2 Å². The minimum absolute atomic E-state index is 0.0225. The van der Waals surface area contributed by atoms with Crippen LogP contribution in [-0.2, 0) is 16.1 Å². The van der Waals surface area contributed by atoms with Crippen molar-refractivity contribution in [1.29, 1.82) is 0 Å². The molecule has 2 aromatic carbocycles. The second kappa shape index (κ2) is 11.1. The molecular weight excluding hydrogens is 466 g/mol. The molecule has 3 aromatic rings. The van der Waals surface area contributed by atoms with Crippen LogP contribution >= 0.6 is 11.3 Å². The average molecular weight is 494 g/mol. The number of alkyl carbamates (subject to hydrolysis) is 1. The molecule has 0 saturated carbocycles. The Balaban J connectivity index is 1.27. The lowest BCUT2D eigenvalue weighted by atomic mass is 9.98. The Morgan fingerprint density at radius 3 is 2.34 bits per heavy atom. The third-order valence-corrected chi connectivity index (χ3v) is 6.86. The molecule has 0 bridgehead atoms. The van der Waals surface area contributed by atoms with Gasteiger partial charge in [-0.2, -0.15) is 0 Å². The van der Waals surface area contributed by atoms with E-state index in [1.807, 2.05) is 31.2 Å². The molecule has 8 nitrogen and oxygen atoms in total. The van der Waals surface area contributed by atoms with Gasteiger partial charge in [-0.05, 0) is 28.7 Å². The molecule has 1 atom stereocenters. The molecule has 4 rings (SSSR count). The van der Waals surface area contributed by atoms with E-state index >= 15 is 0 Å². The maximum atomic E-state index is 12.3. The van der Waals surface area contributed by atoms with Crippen LogP contribution in [0.15, 0.2) is 53.9 Å². The van der Waals surface area contributed by atoms with Gasteiger partial charge < -0.3 is 20.5 Å². The van der Waals surface area contributed by atoms with Crippen LogP contribution in [0.2, 0.25) is 0 Å². The molecule has 1 aromatic heterocycles. The standard InChI is InChI=1S/C26H27N3O5S/c1-2-7-16(25(31)32)12-27-24(30)22-15-35-23(29-22)13-28-26(33)34-14-21-19-10-5-3-8-17(19)18-9-4-6-11-20(18)21/h3-6,8-11,15-16,21H,2,7,12-14H2,1H3,(H,27,30)(H,28,33)(H,31,32). The van der Waals surface area contributed by atoms with Gasteiger partial charge in [0.1, 0.15) is 17.3 Å². The first kappa shape index (κ1) is 24.4. The molecule has 35 heavy (non-hydrogen) atoms. The first-order chi connectivity index (χ1) is 17.0. The quantitative estimate of drug-likeness (QED) is 0.385. The molecule has 9 heteroatoms. The van der Waals surface area contributed by atoms with Gasteiger partial charge in [0.15, 0.2) is 0 Å². The van der Waals surface area contributed by atoms with Gasteiger partial charge in [0.2, 0.25) is 0 Å². The minimum Gasteiger partial charge on any atom is -0.481 e. The smallest absolute Gasteiger partial charge is 0.407 e. The van der Waals surface area contributed by atoms with Crippen LogP contribution < -0.4 is 10.6 Å². The van der Waals surface area contributed by atoms with E-state index in [0.717, 1.165) is 28.7 Å². The van der Waals surface area contributed by atoms with Crippen molar-refractivity contribution >= 4 is 29.3 Å². The van der Waals surface area contributed by atoms with Gasteiger partial charge in [-0.1, -0.05) is 61.9 Å². The molecule has 1 aliphatic carbocycles. The zero-order valence-electron chi connectivity index (χ0n) is 19.3. The van der Waals surface area contributed by atoms with Crippen molar-refractivity contribution in [2.45, 2.75) is 32.2 Å². The number of carbonyl (C=O) groups excluding carboxylic acids is 2. The maximum absolute atomic E-state index is 12.3. The van der Waals surface area contributed by atoms with Crippen molar-refractivity contribution in [3.63, 3.8) is 0 Å². The lowest BCUT2D eigenvalue weighted by Gasteiger charge is -2.14. The Hall–Kier alpha value is -3.72. The molecule has 1 aliphatic rings. The molecule has 0 aliphatic heterocycles. The van der Waals surface area contributed by atoms with E-state index in [1.54, 1.807) is 5.38 Å². The van der Waals surface area contributed by atoms with Crippen molar-refractivity contribution in [2.24, 2.45) is 5.92 Å². The number of carboxylic acid groups (broad SMARTS) is 1. The zero-order chi connectivity index (χ0) is 24.8. The topological polar surface area (TPSA) is 118 Å². The number of benzene rings is 2. The third kappa shape index (κ3) is 5.68. The van der Waals surface area contributed by atoms with E-state index in [4.69, 9.17) is 4.74 Å². The summed E-state index contributed by atoms with van der Waals surface area (Å²) in [6, 6.07) is 16.3. The summed E-state index contributed by atoms with van der Waals surface area (Å²) in [5, 5.41) is 16.6. The van der Waals surface area contributed by atoms with Crippen molar-refractivity contribution < 1.29 is 24.2 Å². The van der Waals surface area contributed by atoms with Gasteiger partial charge in [-0.25, -0.2) is 9.78 Å². The summed E-state index contributed by atoms with van der Waals surface area (Å²) >= 11 is 1.24. The third-order valence-electron chi connectivity index (χ3n) is 6.01. The van der Waals surface area contributed by atoms with Crippen LogP contribution in [0.25, 0.3) is 11.1 Å². The highest BCUT2D eigenvalue weighted by molar-refractivity contribution is 7.09. The van der Waals surface area contributed by atoms with Crippen molar-refractivity contribution in [3.05, 3.63) is 75.7 Å². The van der Waals surface area contributed by atoms with Gasteiger partial charge in [-0.15, -0.1) is 11.3 Å². The second-order valence-electron chi connectivity index (χ2n) is 8.34. The normalized spacial score (nSPS) is 12.9. The number of carboxylic acids is 1. The van der Waals surface area contributed by atoms with Gasteiger partial charge in [0.25, 0.3) is 5.91 Å². The van der Waals surface area contributed by atoms with Crippen LogP contribution in [0.5, 0.6) is 0 Å². The number of ether oxygens (including phenoxy) is 1.